The lowest BCUT2D eigenvalue weighted by Crippen LogP contribution is -2.29. The lowest BCUT2D eigenvalue weighted by Gasteiger charge is -2.12. The fourth-order valence-electron chi connectivity index (χ4n) is 1.73. The SMILES string of the molecule is O=C(CCCCCN1C(=O)CCC1=O)OCO. The maximum Gasteiger partial charge on any atom is 0.307 e. The summed E-state index contributed by atoms with van der Waals surface area (Å²) >= 11 is 0. The molecule has 1 saturated heterocycles. The summed E-state index contributed by atoms with van der Waals surface area (Å²) in [7, 11) is 0. The first-order valence-electron chi connectivity index (χ1n) is 5.75. The molecule has 0 radical (unpaired) electrons. The highest BCUT2D eigenvalue weighted by atomic mass is 16.6. The molecule has 1 N–H and O–H groups in total. The number of imide groups is 1. The van der Waals surface area contributed by atoms with Gasteiger partial charge in [-0.2, -0.15) is 0 Å². The Morgan fingerprint density at radius 3 is 2.41 bits per heavy atom. The molecule has 96 valence electrons. The minimum atomic E-state index is -0.588. The summed E-state index contributed by atoms with van der Waals surface area (Å²) < 4.78 is 4.35. The van der Waals surface area contributed by atoms with Gasteiger partial charge in [0.25, 0.3) is 0 Å². The van der Waals surface area contributed by atoms with E-state index in [1.54, 1.807) is 0 Å². The van der Waals surface area contributed by atoms with Crippen LogP contribution in [-0.4, -0.2) is 41.1 Å². The van der Waals surface area contributed by atoms with Gasteiger partial charge in [-0.3, -0.25) is 19.3 Å². The van der Waals surface area contributed by atoms with Gasteiger partial charge in [0.2, 0.25) is 11.8 Å². The monoisotopic (exact) mass is 243 g/mol. The number of hydrogen-bond acceptors (Lipinski definition) is 5. The fourth-order valence-corrected chi connectivity index (χ4v) is 1.73. The molecule has 0 bridgehead atoms. The molecule has 1 heterocycles. The number of aliphatic hydroxyl groups is 1. The summed E-state index contributed by atoms with van der Waals surface area (Å²) in [4.78, 5) is 34.6. The van der Waals surface area contributed by atoms with E-state index in [0.717, 1.165) is 6.42 Å². The van der Waals surface area contributed by atoms with Crippen molar-refractivity contribution in [3.63, 3.8) is 0 Å². The average Bonchev–Trinajstić information content (AvgIpc) is 2.60. The predicted octanol–water partition coefficient (Wildman–Crippen LogP) is 0.189. The summed E-state index contributed by atoms with van der Waals surface area (Å²) in [6, 6.07) is 0. The Kier molecular flexibility index (Phi) is 5.62. The van der Waals surface area contributed by atoms with E-state index in [0.29, 0.717) is 32.2 Å². The predicted molar refractivity (Wildman–Crippen MR) is 57.6 cm³/mol. The van der Waals surface area contributed by atoms with Gasteiger partial charge < -0.3 is 9.84 Å². The normalized spacial score (nSPS) is 15.5. The van der Waals surface area contributed by atoms with E-state index in [2.05, 4.69) is 4.74 Å². The van der Waals surface area contributed by atoms with Crippen LogP contribution in [0.15, 0.2) is 0 Å². The van der Waals surface area contributed by atoms with Crippen molar-refractivity contribution < 1.29 is 24.2 Å². The summed E-state index contributed by atoms with van der Waals surface area (Å²) in [5.74, 6) is -0.634. The number of amides is 2. The first kappa shape index (κ1) is 13.6. The van der Waals surface area contributed by atoms with E-state index >= 15 is 0 Å². The van der Waals surface area contributed by atoms with Gasteiger partial charge in [0.1, 0.15) is 0 Å². The van der Waals surface area contributed by atoms with E-state index in [9.17, 15) is 14.4 Å². The molecule has 1 fully saturated rings. The third-order valence-corrected chi connectivity index (χ3v) is 2.64. The number of carbonyl (C=O) groups is 3. The molecule has 1 aliphatic rings. The highest BCUT2D eigenvalue weighted by Gasteiger charge is 2.27. The maximum atomic E-state index is 11.2. The van der Waals surface area contributed by atoms with Gasteiger partial charge in [-0.1, -0.05) is 6.42 Å². The minimum absolute atomic E-state index is 0.102. The molecule has 0 aromatic heterocycles. The molecule has 0 spiro atoms. The van der Waals surface area contributed by atoms with Crippen LogP contribution in [0.3, 0.4) is 0 Å². The largest absolute Gasteiger partial charge is 0.439 e. The zero-order valence-corrected chi connectivity index (χ0v) is 9.68. The van der Waals surface area contributed by atoms with E-state index in [1.807, 2.05) is 0 Å². The number of carbonyl (C=O) groups excluding carboxylic acids is 3. The van der Waals surface area contributed by atoms with Gasteiger partial charge in [-0.25, -0.2) is 0 Å². The number of aliphatic hydroxyl groups excluding tert-OH is 1. The number of nitrogens with zero attached hydrogens (tertiary/aromatic N) is 1. The fraction of sp³-hybridized carbons (Fsp3) is 0.727. The quantitative estimate of drug-likeness (QED) is 0.298. The van der Waals surface area contributed by atoms with Crippen LogP contribution >= 0.6 is 0 Å². The molecule has 0 saturated carbocycles. The van der Waals surface area contributed by atoms with Crippen molar-refractivity contribution in [3.05, 3.63) is 0 Å². The van der Waals surface area contributed by atoms with Crippen molar-refractivity contribution in [2.75, 3.05) is 13.3 Å². The average molecular weight is 243 g/mol. The van der Waals surface area contributed by atoms with E-state index in [-0.39, 0.29) is 18.2 Å². The third-order valence-electron chi connectivity index (χ3n) is 2.64. The van der Waals surface area contributed by atoms with Crippen molar-refractivity contribution in [1.29, 1.82) is 0 Å². The molecular weight excluding hydrogens is 226 g/mol. The molecule has 6 heteroatoms. The van der Waals surface area contributed by atoms with Crippen molar-refractivity contribution in [3.8, 4) is 0 Å². The number of likely N-dealkylation sites (tertiary alicyclic amines) is 1. The molecular formula is C11H17NO5. The molecule has 0 unspecified atom stereocenters. The second-order valence-electron chi connectivity index (χ2n) is 3.90. The van der Waals surface area contributed by atoms with Crippen molar-refractivity contribution in [2.24, 2.45) is 0 Å². The lowest BCUT2D eigenvalue weighted by atomic mass is 10.2. The van der Waals surface area contributed by atoms with Crippen LogP contribution in [0.1, 0.15) is 38.5 Å². The Morgan fingerprint density at radius 2 is 1.82 bits per heavy atom. The number of rotatable bonds is 7. The van der Waals surface area contributed by atoms with Gasteiger partial charge in [-0.15, -0.1) is 0 Å². The van der Waals surface area contributed by atoms with Gasteiger partial charge in [0, 0.05) is 25.8 Å². The number of unbranched alkanes of at least 4 members (excludes halogenated alkanes) is 2. The van der Waals surface area contributed by atoms with Crippen LogP contribution < -0.4 is 0 Å². The maximum absolute atomic E-state index is 11.2. The van der Waals surface area contributed by atoms with Crippen molar-refractivity contribution in [2.45, 2.75) is 38.5 Å². The second-order valence-corrected chi connectivity index (χ2v) is 3.90. The van der Waals surface area contributed by atoms with Gasteiger partial charge in [0.05, 0.1) is 0 Å². The van der Waals surface area contributed by atoms with Crippen LogP contribution in [-0.2, 0) is 19.1 Å². The standard InChI is InChI=1S/C11H17NO5/c13-8-17-11(16)4-2-1-3-7-12-9(14)5-6-10(12)15/h13H,1-8H2. The van der Waals surface area contributed by atoms with Crippen molar-refractivity contribution in [1.82, 2.24) is 4.90 Å². The summed E-state index contributed by atoms with van der Waals surface area (Å²) in [5, 5.41) is 8.32. The Hall–Kier alpha value is -1.43. The first-order valence-corrected chi connectivity index (χ1v) is 5.75. The second kappa shape index (κ2) is 7.01. The van der Waals surface area contributed by atoms with Crippen molar-refractivity contribution >= 4 is 17.8 Å². The van der Waals surface area contributed by atoms with Gasteiger partial charge in [0.15, 0.2) is 6.79 Å². The highest BCUT2D eigenvalue weighted by Crippen LogP contribution is 2.13. The molecule has 2 amide bonds. The summed E-state index contributed by atoms with van der Waals surface area (Å²) in [5.41, 5.74) is 0. The molecule has 17 heavy (non-hydrogen) atoms. The Labute approximate surface area is 99.5 Å². The van der Waals surface area contributed by atoms with Crippen LogP contribution in [0.4, 0.5) is 0 Å². The molecule has 0 aliphatic carbocycles. The van der Waals surface area contributed by atoms with Gasteiger partial charge in [-0.05, 0) is 12.8 Å². The summed E-state index contributed by atoms with van der Waals surface area (Å²) in [6.07, 6.45) is 2.97. The van der Waals surface area contributed by atoms with E-state index in [1.165, 1.54) is 4.90 Å². The summed E-state index contributed by atoms with van der Waals surface area (Å²) in [6.45, 7) is -0.150. The Morgan fingerprint density at radius 1 is 1.18 bits per heavy atom. The molecule has 1 aliphatic heterocycles. The first-order chi connectivity index (χ1) is 8.15. The van der Waals surface area contributed by atoms with Gasteiger partial charge >= 0.3 is 5.97 Å². The van der Waals surface area contributed by atoms with Crippen LogP contribution in [0.2, 0.25) is 0 Å². The molecule has 0 aromatic carbocycles. The van der Waals surface area contributed by atoms with E-state index < -0.39 is 12.8 Å². The third kappa shape index (κ3) is 4.52. The molecule has 0 atom stereocenters. The number of ether oxygens (including phenoxy) is 1. The molecule has 6 nitrogen and oxygen atoms in total. The van der Waals surface area contributed by atoms with Crippen LogP contribution in [0.25, 0.3) is 0 Å². The Bertz CT molecular complexity index is 286. The van der Waals surface area contributed by atoms with E-state index in [4.69, 9.17) is 5.11 Å². The lowest BCUT2D eigenvalue weighted by molar-refractivity contribution is -0.152. The molecule has 0 aromatic rings. The number of hydrogen-bond donors (Lipinski definition) is 1. The zero-order valence-electron chi connectivity index (χ0n) is 9.68. The highest BCUT2D eigenvalue weighted by molar-refractivity contribution is 6.01. The van der Waals surface area contributed by atoms with Crippen LogP contribution in [0.5, 0.6) is 0 Å². The number of esters is 1. The topological polar surface area (TPSA) is 83.9 Å². The Balaban J connectivity index is 2.06. The molecule has 1 rings (SSSR count). The minimum Gasteiger partial charge on any atom is -0.439 e. The zero-order chi connectivity index (χ0) is 12.7. The smallest absolute Gasteiger partial charge is 0.307 e. The van der Waals surface area contributed by atoms with Crippen LogP contribution in [0, 0.1) is 0 Å².